The van der Waals surface area contributed by atoms with Crippen molar-refractivity contribution in [3.63, 3.8) is 0 Å². The van der Waals surface area contributed by atoms with E-state index in [1.807, 2.05) is 4.90 Å². The largest absolute Gasteiger partial charge is 0.453 e. The van der Waals surface area contributed by atoms with Gasteiger partial charge < -0.3 is 14.5 Å². The van der Waals surface area contributed by atoms with Crippen LogP contribution in [-0.4, -0.2) is 66.8 Å². The van der Waals surface area contributed by atoms with Gasteiger partial charge in [-0.15, -0.1) is 0 Å². The molecule has 0 aromatic heterocycles. The van der Waals surface area contributed by atoms with E-state index in [1.165, 1.54) is 25.0 Å². The summed E-state index contributed by atoms with van der Waals surface area (Å²) in [5, 5.41) is 1.36. The molecule has 126 valence electrons. The molecule has 0 radical (unpaired) electrons. The fraction of sp³-hybridized carbons (Fsp3) is 0.867. The minimum atomic E-state index is -0.274. The van der Waals surface area contributed by atoms with Gasteiger partial charge in [0.15, 0.2) is 0 Å². The molecular weight excluding hydrogens is 284 g/mol. The van der Waals surface area contributed by atoms with Crippen molar-refractivity contribution in [2.75, 3.05) is 39.8 Å². The number of hydrogen-bond acceptors (Lipinski definition) is 4. The van der Waals surface area contributed by atoms with Crippen LogP contribution < -0.4 is 5.84 Å². The zero-order valence-electron chi connectivity index (χ0n) is 13.5. The number of methoxy groups -OCH3 is 1. The first-order chi connectivity index (χ1) is 10.6. The van der Waals surface area contributed by atoms with Crippen LogP contribution in [0.25, 0.3) is 0 Å². The fourth-order valence-corrected chi connectivity index (χ4v) is 3.23. The Morgan fingerprint density at radius 3 is 2.18 bits per heavy atom. The predicted molar refractivity (Wildman–Crippen MR) is 83.0 cm³/mol. The van der Waals surface area contributed by atoms with Gasteiger partial charge in [-0.25, -0.2) is 15.4 Å². The summed E-state index contributed by atoms with van der Waals surface area (Å²) in [7, 11) is 1.40. The van der Waals surface area contributed by atoms with Crippen LogP contribution in [-0.2, 0) is 4.74 Å². The standard InChI is InChI=1S/C15H28N4O3/c1-22-15(21)18-10-6-13(7-11-18)12-19(16)14(20)17-8-4-2-3-5-9-17/h13H,2-12,16H2,1H3. The Bertz CT molecular complexity index is 375. The highest BCUT2D eigenvalue weighted by atomic mass is 16.5. The van der Waals surface area contributed by atoms with Crippen LogP contribution in [0.1, 0.15) is 38.5 Å². The number of nitrogens with zero attached hydrogens (tertiary/aromatic N) is 3. The topological polar surface area (TPSA) is 79.1 Å². The molecule has 2 rings (SSSR count). The van der Waals surface area contributed by atoms with Gasteiger partial charge >= 0.3 is 12.1 Å². The first-order valence-corrected chi connectivity index (χ1v) is 8.26. The number of likely N-dealkylation sites (tertiary alicyclic amines) is 2. The maximum Gasteiger partial charge on any atom is 0.409 e. The number of rotatable bonds is 2. The van der Waals surface area contributed by atoms with Crippen molar-refractivity contribution >= 4 is 12.1 Å². The third-order valence-corrected chi connectivity index (χ3v) is 4.62. The Hall–Kier alpha value is -1.50. The Labute approximate surface area is 132 Å². The van der Waals surface area contributed by atoms with Gasteiger partial charge in [0.25, 0.3) is 0 Å². The van der Waals surface area contributed by atoms with Gasteiger partial charge in [-0.05, 0) is 31.6 Å². The average Bonchev–Trinajstić information content (AvgIpc) is 2.83. The lowest BCUT2D eigenvalue weighted by molar-refractivity contribution is 0.0962. The molecule has 2 aliphatic rings. The molecule has 0 aromatic rings. The smallest absolute Gasteiger partial charge is 0.409 e. The summed E-state index contributed by atoms with van der Waals surface area (Å²) < 4.78 is 4.73. The van der Waals surface area contributed by atoms with Crippen molar-refractivity contribution in [2.45, 2.75) is 38.5 Å². The van der Waals surface area contributed by atoms with Gasteiger partial charge in [0.2, 0.25) is 0 Å². The molecule has 0 aliphatic carbocycles. The second kappa shape index (κ2) is 8.22. The van der Waals surface area contributed by atoms with E-state index < -0.39 is 0 Å². The van der Waals surface area contributed by atoms with Crippen molar-refractivity contribution in [1.82, 2.24) is 14.8 Å². The Balaban J connectivity index is 1.76. The van der Waals surface area contributed by atoms with E-state index >= 15 is 0 Å². The zero-order chi connectivity index (χ0) is 15.9. The number of urea groups is 1. The number of hydrogen-bond donors (Lipinski definition) is 1. The van der Waals surface area contributed by atoms with Crippen LogP contribution in [0.5, 0.6) is 0 Å². The minimum Gasteiger partial charge on any atom is -0.453 e. The second-order valence-electron chi connectivity index (χ2n) is 6.24. The summed E-state index contributed by atoms with van der Waals surface area (Å²) in [5.74, 6) is 6.34. The minimum absolute atomic E-state index is 0.0581. The molecule has 2 aliphatic heterocycles. The summed E-state index contributed by atoms with van der Waals surface area (Å²) in [6.45, 7) is 3.52. The second-order valence-corrected chi connectivity index (χ2v) is 6.24. The predicted octanol–water partition coefficient (Wildman–Crippen LogP) is 1.64. The molecule has 2 fully saturated rings. The number of carbonyl (C=O) groups excluding carboxylic acids is 2. The summed E-state index contributed by atoms with van der Waals surface area (Å²) >= 11 is 0. The molecule has 2 saturated heterocycles. The van der Waals surface area contributed by atoms with E-state index in [0.717, 1.165) is 38.8 Å². The average molecular weight is 312 g/mol. The molecule has 7 nitrogen and oxygen atoms in total. The highest BCUT2D eigenvalue weighted by Crippen LogP contribution is 2.19. The molecule has 2 N–H and O–H groups in total. The summed E-state index contributed by atoms with van der Waals surface area (Å²) in [6.07, 6.45) is 5.96. The third-order valence-electron chi connectivity index (χ3n) is 4.62. The molecule has 2 heterocycles. The first kappa shape index (κ1) is 16.9. The molecule has 0 atom stereocenters. The Kier molecular flexibility index (Phi) is 6.30. The maximum absolute atomic E-state index is 12.4. The van der Waals surface area contributed by atoms with E-state index in [2.05, 4.69) is 0 Å². The van der Waals surface area contributed by atoms with Crippen molar-refractivity contribution in [3.8, 4) is 0 Å². The summed E-state index contributed by atoms with van der Waals surface area (Å²) in [4.78, 5) is 27.4. The van der Waals surface area contributed by atoms with Crippen LogP contribution >= 0.6 is 0 Å². The van der Waals surface area contributed by atoms with Crippen molar-refractivity contribution in [2.24, 2.45) is 11.8 Å². The molecule has 3 amide bonds. The molecule has 0 aromatic carbocycles. The normalized spacial score (nSPS) is 20.5. The SMILES string of the molecule is COC(=O)N1CCC(CN(N)C(=O)N2CCCCCC2)CC1. The van der Waals surface area contributed by atoms with Gasteiger partial charge in [-0.1, -0.05) is 12.8 Å². The van der Waals surface area contributed by atoms with Crippen LogP contribution in [0.3, 0.4) is 0 Å². The molecule has 0 bridgehead atoms. The lowest BCUT2D eigenvalue weighted by Gasteiger charge is -2.34. The number of piperidine rings is 1. The molecule has 0 unspecified atom stereocenters. The molecule has 7 heteroatoms. The molecule has 0 saturated carbocycles. The lowest BCUT2D eigenvalue weighted by atomic mass is 9.97. The van der Waals surface area contributed by atoms with Crippen molar-refractivity contribution in [1.29, 1.82) is 0 Å². The van der Waals surface area contributed by atoms with Gasteiger partial charge in [0.1, 0.15) is 0 Å². The third kappa shape index (κ3) is 4.50. The van der Waals surface area contributed by atoms with Crippen LogP contribution in [0.15, 0.2) is 0 Å². The first-order valence-electron chi connectivity index (χ1n) is 8.26. The number of nitrogens with two attached hydrogens (primary N) is 1. The molecule has 22 heavy (non-hydrogen) atoms. The van der Waals surface area contributed by atoms with Gasteiger partial charge in [0.05, 0.1) is 7.11 Å². The van der Waals surface area contributed by atoms with E-state index in [-0.39, 0.29) is 12.1 Å². The van der Waals surface area contributed by atoms with Crippen molar-refractivity contribution < 1.29 is 14.3 Å². The van der Waals surface area contributed by atoms with Gasteiger partial charge in [-0.2, -0.15) is 0 Å². The van der Waals surface area contributed by atoms with Crippen LogP contribution in [0.2, 0.25) is 0 Å². The highest BCUT2D eigenvalue weighted by Gasteiger charge is 2.27. The Morgan fingerprint density at radius 2 is 1.64 bits per heavy atom. The van der Waals surface area contributed by atoms with E-state index in [0.29, 0.717) is 25.6 Å². The monoisotopic (exact) mass is 312 g/mol. The van der Waals surface area contributed by atoms with E-state index in [4.69, 9.17) is 10.6 Å². The van der Waals surface area contributed by atoms with Gasteiger partial charge in [-0.3, -0.25) is 5.01 Å². The maximum atomic E-state index is 12.4. The summed E-state index contributed by atoms with van der Waals surface area (Å²) in [6, 6.07) is -0.0581. The molecular formula is C15H28N4O3. The lowest BCUT2D eigenvalue weighted by Crippen LogP contribution is -2.50. The van der Waals surface area contributed by atoms with Crippen LogP contribution in [0.4, 0.5) is 9.59 Å². The highest BCUT2D eigenvalue weighted by molar-refractivity contribution is 5.73. The van der Waals surface area contributed by atoms with Crippen LogP contribution in [0, 0.1) is 5.92 Å². The van der Waals surface area contributed by atoms with Gasteiger partial charge in [0, 0.05) is 32.7 Å². The quantitative estimate of drug-likeness (QED) is 0.477. The van der Waals surface area contributed by atoms with E-state index in [9.17, 15) is 9.59 Å². The number of ether oxygens (including phenoxy) is 1. The number of hydrazine groups is 1. The molecule has 0 spiro atoms. The van der Waals surface area contributed by atoms with E-state index in [1.54, 1.807) is 4.90 Å². The Morgan fingerprint density at radius 1 is 1.05 bits per heavy atom. The van der Waals surface area contributed by atoms with Crippen molar-refractivity contribution in [3.05, 3.63) is 0 Å². The number of carbonyl (C=O) groups is 2. The fourth-order valence-electron chi connectivity index (χ4n) is 3.23. The number of amides is 3. The summed E-state index contributed by atoms with van der Waals surface area (Å²) in [5.41, 5.74) is 0. The zero-order valence-corrected chi connectivity index (χ0v) is 13.5.